The Labute approximate surface area is 129 Å². The summed E-state index contributed by atoms with van der Waals surface area (Å²) in [6.45, 7) is 0.925. The van der Waals surface area contributed by atoms with Gasteiger partial charge in [-0.3, -0.25) is 9.47 Å². The third-order valence-corrected chi connectivity index (χ3v) is 4.71. The molecule has 5 heteroatoms. The summed E-state index contributed by atoms with van der Waals surface area (Å²) in [4.78, 5) is 6.76. The Morgan fingerprint density at radius 3 is 2.64 bits per heavy atom. The van der Waals surface area contributed by atoms with E-state index in [-0.39, 0.29) is 0 Å². The van der Waals surface area contributed by atoms with E-state index in [9.17, 15) is 8.78 Å². The zero-order chi connectivity index (χ0) is 15.5. The van der Waals surface area contributed by atoms with Gasteiger partial charge in [0.05, 0.1) is 17.6 Å². The molecule has 1 fully saturated rings. The summed E-state index contributed by atoms with van der Waals surface area (Å²) in [7, 11) is 0. The van der Waals surface area contributed by atoms with Crippen LogP contribution < -0.4 is 0 Å². The number of hydrogen-bond acceptors (Lipinski definition) is 2. The van der Waals surface area contributed by atoms with Crippen LogP contribution in [-0.4, -0.2) is 27.0 Å². The van der Waals surface area contributed by atoms with E-state index in [2.05, 4.69) is 16.8 Å². The third-order valence-electron chi connectivity index (χ3n) is 4.71. The van der Waals surface area contributed by atoms with Crippen LogP contribution >= 0.6 is 0 Å². The number of imidazole rings is 1. The Balaban J connectivity index is 1.89. The summed E-state index contributed by atoms with van der Waals surface area (Å²) in [5.74, 6) is 0.476. The molecule has 2 aromatic rings. The average molecular weight is 307 g/mol. The normalized spacial score (nSPS) is 17.0. The second-order valence-electron chi connectivity index (χ2n) is 6.02. The van der Waals surface area contributed by atoms with Gasteiger partial charge in [0, 0.05) is 6.04 Å². The zero-order valence-electron chi connectivity index (χ0n) is 13.0. The van der Waals surface area contributed by atoms with Crippen LogP contribution in [0.4, 0.5) is 8.78 Å². The lowest BCUT2D eigenvalue weighted by Crippen LogP contribution is -2.37. The van der Waals surface area contributed by atoms with Gasteiger partial charge in [0.25, 0.3) is 0 Å². The minimum Gasteiger partial charge on any atom is -0.293 e. The van der Waals surface area contributed by atoms with Crippen LogP contribution in [0, 0.1) is 0 Å². The molecule has 0 N–H and O–H groups in total. The number of benzene rings is 1. The fourth-order valence-corrected chi connectivity index (χ4v) is 3.55. The van der Waals surface area contributed by atoms with Crippen LogP contribution in [0.1, 0.15) is 51.4 Å². The summed E-state index contributed by atoms with van der Waals surface area (Å²) in [6.07, 6.45) is 6.12. The summed E-state index contributed by atoms with van der Waals surface area (Å²) < 4.78 is 28.1. The highest BCUT2D eigenvalue weighted by molar-refractivity contribution is 5.75. The topological polar surface area (TPSA) is 21.1 Å². The summed E-state index contributed by atoms with van der Waals surface area (Å²) in [6, 6.07) is 7.65. The molecule has 1 heterocycles. The summed E-state index contributed by atoms with van der Waals surface area (Å²) in [5, 5.41) is 0. The number of rotatable bonds is 5. The minimum absolute atomic E-state index is 0.476. The molecule has 0 amide bonds. The van der Waals surface area contributed by atoms with Gasteiger partial charge in [-0.15, -0.1) is 0 Å². The Kier molecular flexibility index (Phi) is 4.71. The average Bonchev–Trinajstić information content (AvgIpc) is 2.91. The summed E-state index contributed by atoms with van der Waals surface area (Å²) in [5.41, 5.74) is 1.17. The predicted octanol–water partition coefficient (Wildman–Crippen LogP) is 4.59. The largest absolute Gasteiger partial charge is 0.320 e. The number of alkyl halides is 2. The van der Waals surface area contributed by atoms with Crippen molar-refractivity contribution in [3.05, 3.63) is 30.1 Å². The molecule has 0 bridgehead atoms. The number of aromatic nitrogens is 2. The van der Waals surface area contributed by atoms with Gasteiger partial charge in [0.15, 0.2) is 0 Å². The molecule has 1 saturated carbocycles. The van der Waals surface area contributed by atoms with Crippen molar-refractivity contribution in [2.45, 2.75) is 58.2 Å². The standard InChI is InChI=1S/C17H23F2N3/c1-2-21(13-8-4-3-5-9-13)12-16-20-14-10-6-7-11-15(14)22(16)17(18)19/h6-7,10-11,13,17H,2-5,8-9,12H2,1H3. The molecular weight excluding hydrogens is 284 g/mol. The van der Waals surface area contributed by atoms with Crippen molar-refractivity contribution in [1.82, 2.24) is 14.5 Å². The van der Waals surface area contributed by atoms with E-state index in [4.69, 9.17) is 0 Å². The van der Waals surface area contributed by atoms with E-state index in [0.717, 1.165) is 11.1 Å². The Bertz CT molecular complexity index is 617. The van der Waals surface area contributed by atoms with Crippen molar-refractivity contribution in [1.29, 1.82) is 0 Å². The van der Waals surface area contributed by atoms with Gasteiger partial charge < -0.3 is 0 Å². The van der Waals surface area contributed by atoms with Gasteiger partial charge in [-0.1, -0.05) is 38.3 Å². The van der Waals surface area contributed by atoms with Crippen molar-refractivity contribution in [2.24, 2.45) is 0 Å². The molecule has 1 aromatic heterocycles. The van der Waals surface area contributed by atoms with Crippen molar-refractivity contribution < 1.29 is 8.78 Å². The highest BCUT2D eigenvalue weighted by atomic mass is 19.3. The van der Waals surface area contributed by atoms with E-state index < -0.39 is 6.55 Å². The van der Waals surface area contributed by atoms with Gasteiger partial charge in [0.2, 0.25) is 0 Å². The third kappa shape index (κ3) is 3.00. The van der Waals surface area contributed by atoms with Crippen LogP contribution in [0.3, 0.4) is 0 Å². The first-order valence-corrected chi connectivity index (χ1v) is 8.18. The zero-order valence-corrected chi connectivity index (χ0v) is 13.0. The number of para-hydroxylation sites is 2. The number of hydrogen-bond donors (Lipinski definition) is 0. The Morgan fingerprint density at radius 2 is 1.95 bits per heavy atom. The highest BCUT2D eigenvalue weighted by Gasteiger charge is 2.24. The first-order valence-electron chi connectivity index (χ1n) is 8.18. The molecule has 0 radical (unpaired) electrons. The number of fused-ring (bicyclic) bond motifs is 1. The van der Waals surface area contributed by atoms with Gasteiger partial charge >= 0.3 is 6.55 Å². The fourth-order valence-electron chi connectivity index (χ4n) is 3.55. The molecule has 1 aliphatic carbocycles. The van der Waals surface area contributed by atoms with E-state index >= 15 is 0 Å². The van der Waals surface area contributed by atoms with Crippen LogP contribution in [0.2, 0.25) is 0 Å². The lowest BCUT2D eigenvalue weighted by atomic mass is 9.94. The molecule has 22 heavy (non-hydrogen) atoms. The maximum atomic E-state index is 13.5. The van der Waals surface area contributed by atoms with Crippen molar-refractivity contribution in [3.63, 3.8) is 0 Å². The van der Waals surface area contributed by atoms with Crippen LogP contribution in [0.25, 0.3) is 11.0 Å². The molecule has 1 aromatic carbocycles. The second kappa shape index (κ2) is 6.73. The quantitative estimate of drug-likeness (QED) is 0.806. The Morgan fingerprint density at radius 1 is 1.23 bits per heavy atom. The minimum atomic E-state index is -2.55. The molecular formula is C17H23F2N3. The highest BCUT2D eigenvalue weighted by Crippen LogP contribution is 2.27. The Hall–Kier alpha value is -1.49. The first-order chi connectivity index (χ1) is 10.7. The van der Waals surface area contributed by atoms with Gasteiger partial charge in [-0.05, 0) is 31.5 Å². The molecule has 0 saturated heterocycles. The monoisotopic (exact) mass is 307 g/mol. The summed E-state index contributed by atoms with van der Waals surface area (Å²) >= 11 is 0. The van der Waals surface area contributed by atoms with Crippen LogP contribution in [-0.2, 0) is 6.54 Å². The second-order valence-corrected chi connectivity index (χ2v) is 6.02. The predicted molar refractivity (Wildman–Crippen MR) is 83.9 cm³/mol. The molecule has 3 nitrogen and oxygen atoms in total. The maximum absolute atomic E-state index is 13.5. The molecule has 0 unspecified atom stereocenters. The fraction of sp³-hybridized carbons (Fsp3) is 0.588. The molecule has 1 aliphatic rings. The van der Waals surface area contributed by atoms with E-state index in [1.807, 2.05) is 6.07 Å². The molecule has 3 rings (SSSR count). The smallest absolute Gasteiger partial charge is 0.293 e. The maximum Gasteiger partial charge on any atom is 0.320 e. The van der Waals surface area contributed by atoms with Crippen LogP contribution in [0.5, 0.6) is 0 Å². The van der Waals surface area contributed by atoms with Gasteiger partial charge in [-0.2, -0.15) is 8.78 Å². The van der Waals surface area contributed by atoms with E-state index in [0.29, 0.717) is 29.4 Å². The van der Waals surface area contributed by atoms with Gasteiger partial charge in [0.1, 0.15) is 5.82 Å². The molecule has 120 valence electrons. The van der Waals surface area contributed by atoms with Crippen LogP contribution in [0.15, 0.2) is 24.3 Å². The lowest BCUT2D eigenvalue weighted by Gasteiger charge is -2.33. The van der Waals surface area contributed by atoms with Crippen molar-refractivity contribution >= 4 is 11.0 Å². The van der Waals surface area contributed by atoms with Crippen molar-refractivity contribution in [3.8, 4) is 0 Å². The lowest BCUT2D eigenvalue weighted by molar-refractivity contribution is 0.0652. The first kappa shape index (κ1) is 15.4. The molecule has 0 spiro atoms. The molecule has 0 aliphatic heterocycles. The SMILES string of the molecule is CCN(Cc1nc2ccccc2n1C(F)F)C1CCCCC1. The van der Waals surface area contributed by atoms with Gasteiger partial charge in [-0.25, -0.2) is 4.98 Å². The molecule has 0 atom stereocenters. The number of nitrogens with zero attached hydrogens (tertiary/aromatic N) is 3. The van der Waals surface area contributed by atoms with E-state index in [1.54, 1.807) is 18.2 Å². The van der Waals surface area contributed by atoms with Crippen molar-refractivity contribution in [2.75, 3.05) is 6.54 Å². The number of halogens is 2. The van der Waals surface area contributed by atoms with E-state index in [1.165, 1.54) is 32.1 Å².